The summed E-state index contributed by atoms with van der Waals surface area (Å²) < 4.78 is 28.7. The summed E-state index contributed by atoms with van der Waals surface area (Å²) in [6.45, 7) is 16.6. The number of carbonyl (C=O) groups excluding carboxylic acids is 1. The molecule has 0 spiro atoms. The number of likely N-dealkylation sites (tertiary alicyclic amines) is 4. The van der Waals surface area contributed by atoms with E-state index in [-0.39, 0.29) is 0 Å². The Morgan fingerprint density at radius 1 is 0.331 bits per heavy atom. The van der Waals surface area contributed by atoms with Crippen LogP contribution in [0.4, 0.5) is 28.4 Å². The number of piperidine rings is 5. The molecule has 5 aromatic heterocycles. The maximum atomic E-state index is 11.5. The van der Waals surface area contributed by atoms with E-state index in [1.807, 2.05) is 38.1 Å². The number of rotatable bonds is 28. The summed E-state index contributed by atoms with van der Waals surface area (Å²) in [7, 11) is 41.8. The Hall–Kier alpha value is -8.46. The molecule has 5 aliphatic rings. The van der Waals surface area contributed by atoms with Crippen molar-refractivity contribution in [1.82, 2.24) is 65.4 Å². The summed E-state index contributed by atoms with van der Waals surface area (Å²) >= 11 is 0. The van der Waals surface area contributed by atoms with E-state index in [0.717, 1.165) is 175 Å². The van der Waals surface area contributed by atoms with Crippen molar-refractivity contribution >= 4 is 95.6 Å². The van der Waals surface area contributed by atoms with E-state index in [1.165, 1.54) is 203 Å². The molecule has 10 heterocycles. The van der Waals surface area contributed by atoms with Gasteiger partial charge in [-0.2, -0.15) is 0 Å². The van der Waals surface area contributed by atoms with Crippen molar-refractivity contribution in [3.05, 3.63) is 123 Å². The number of anilines is 5. The minimum absolute atomic E-state index is 0.588. The number of benzene rings is 5. The zero-order valence-corrected chi connectivity index (χ0v) is 77.8. The Morgan fingerprint density at radius 2 is 0.562 bits per heavy atom. The van der Waals surface area contributed by atoms with Gasteiger partial charge < -0.3 is 86.7 Å². The summed E-state index contributed by atoms with van der Waals surface area (Å²) in [5.74, 6) is 4.06. The van der Waals surface area contributed by atoms with Crippen molar-refractivity contribution in [2.75, 3.05) is 231 Å². The average Bonchev–Trinajstić information content (AvgIpc) is 1.70. The van der Waals surface area contributed by atoms with Crippen molar-refractivity contribution in [3.63, 3.8) is 0 Å². The lowest BCUT2D eigenvalue weighted by Crippen LogP contribution is -2.30. The molecule has 0 amide bonds. The first kappa shape index (κ1) is 93.2. The summed E-state index contributed by atoms with van der Waals surface area (Å²) in [5, 5.41) is 31.1. The maximum Gasteiger partial charge on any atom is 0.179 e. The van der Waals surface area contributed by atoms with Crippen LogP contribution in [0, 0.1) is 29.6 Å². The molecule has 10 aromatic rings. The van der Waals surface area contributed by atoms with E-state index in [2.05, 4.69) is 273 Å². The molecule has 1 N–H and O–H groups in total. The Kier molecular flexibility index (Phi) is 34.5. The number of aldehydes is 1. The Morgan fingerprint density at radius 3 is 0.810 bits per heavy atom. The van der Waals surface area contributed by atoms with Gasteiger partial charge in [-0.25, -0.2) is 0 Å². The molecule has 0 saturated carbocycles. The van der Waals surface area contributed by atoms with Gasteiger partial charge in [0.25, 0.3) is 0 Å². The number of nitrogens with zero attached hydrogens (tertiary/aromatic N) is 17. The van der Waals surface area contributed by atoms with Gasteiger partial charge in [-0.15, -0.1) is 0 Å². The number of aromatic nitrogens is 5. The van der Waals surface area contributed by atoms with Crippen molar-refractivity contribution < 1.29 is 27.4 Å². The van der Waals surface area contributed by atoms with Crippen LogP contribution in [0.5, 0.6) is 0 Å². The van der Waals surface area contributed by atoms with Gasteiger partial charge in [0, 0.05) is 162 Å². The van der Waals surface area contributed by atoms with Crippen LogP contribution in [0.2, 0.25) is 0 Å². The largest absolute Gasteiger partial charge is 0.377 e. The van der Waals surface area contributed by atoms with Crippen LogP contribution < -0.4 is 29.8 Å². The summed E-state index contributed by atoms with van der Waals surface area (Å²) in [4.78, 5) is 38.2. The highest BCUT2D eigenvalue weighted by atomic mass is 16.5. The highest BCUT2D eigenvalue weighted by Crippen LogP contribution is 2.39. The van der Waals surface area contributed by atoms with Gasteiger partial charge in [-0.1, -0.05) is 37.9 Å². The predicted molar refractivity (Wildman–Crippen MR) is 502 cm³/mol. The highest BCUT2D eigenvalue weighted by molar-refractivity contribution is 6.01. The average molecular weight is 1660 g/mol. The van der Waals surface area contributed by atoms with Crippen molar-refractivity contribution in [1.29, 1.82) is 0 Å². The molecule has 24 nitrogen and oxygen atoms in total. The molecule has 24 heteroatoms. The third-order valence-corrected chi connectivity index (χ3v) is 25.9. The molecular formula is C97H148N18O6. The molecule has 0 unspecified atom stereocenters. The Balaban J connectivity index is 0.000000148. The lowest BCUT2D eigenvalue weighted by atomic mass is 9.91. The van der Waals surface area contributed by atoms with E-state index in [1.54, 1.807) is 0 Å². The van der Waals surface area contributed by atoms with Crippen LogP contribution in [0.3, 0.4) is 0 Å². The third-order valence-electron chi connectivity index (χ3n) is 25.9. The van der Waals surface area contributed by atoms with Crippen molar-refractivity contribution in [2.45, 2.75) is 155 Å². The van der Waals surface area contributed by atoms with Crippen LogP contribution in [0.15, 0.2) is 89.4 Å². The molecular weight excluding hydrogens is 1510 g/mol. The maximum absolute atomic E-state index is 11.5. The number of fused-ring (bicyclic) bond motifs is 5. The third kappa shape index (κ3) is 25.0. The number of carbonyl (C=O) groups is 1. The summed E-state index contributed by atoms with van der Waals surface area (Å²) in [6, 6.07) is 21.5. The van der Waals surface area contributed by atoms with Gasteiger partial charge in [0.05, 0.1) is 39.7 Å². The molecule has 662 valence electrons. The fraction of sp³-hybridized carbons (Fsp3) is 0.608. The number of nitrogens with one attached hydrogen (secondary N) is 1. The van der Waals surface area contributed by atoms with Gasteiger partial charge >= 0.3 is 0 Å². The summed E-state index contributed by atoms with van der Waals surface area (Å²) in [5.41, 5.74) is 20.9. The molecule has 0 radical (unpaired) electrons. The molecule has 5 saturated heterocycles. The first-order chi connectivity index (χ1) is 58.2. The van der Waals surface area contributed by atoms with E-state index in [9.17, 15) is 4.79 Å². The van der Waals surface area contributed by atoms with Crippen LogP contribution >= 0.6 is 0 Å². The van der Waals surface area contributed by atoms with Gasteiger partial charge in [0.1, 0.15) is 0 Å². The monoisotopic (exact) mass is 1660 g/mol. The fourth-order valence-corrected chi connectivity index (χ4v) is 18.5. The molecule has 121 heavy (non-hydrogen) atoms. The lowest BCUT2D eigenvalue weighted by molar-refractivity contribution is 0.112. The predicted octanol–water partition coefficient (Wildman–Crippen LogP) is 16.5. The summed E-state index contributed by atoms with van der Waals surface area (Å²) in [6.07, 6.45) is 28.9. The topological polar surface area (TPSA) is 198 Å². The minimum Gasteiger partial charge on any atom is -0.377 e. The first-order valence-corrected chi connectivity index (χ1v) is 45.0. The quantitative estimate of drug-likeness (QED) is 0.0454. The second kappa shape index (κ2) is 44.7. The molecule has 0 aliphatic carbocycles. The van der Waals surface area contributed by atoms with E-state index in [0.29, 0.717) is 11.1 Å². The first-order valence-electron chi connectivity index (χ1n) is 45.0. The van der Waals surface area contributed by atoms with Crippen LogP contribution in [0.1, 0.15) is 164 Å². The zero-order chi connectivity index (χ0) is 86.6. The smallest absolute Gasteiger partial charge is 0.179 e. The lowest BCUT2D eigenvalue weighted by Gasteiger charge is -2.28. The molecule has 5 fully saturated rings. The van der Waals surface area contributed by atoms with Gasteiger partial charge in [0.2, 0.25) is 0 Å². The second-order valence-electron chi connectivity index (χ2n) is 37.4. The molecule has 5 aromatic carbocycles. The van der Waals surface area contributed by atoms with E-state index in [4.69, 9.17) is 22.6 Å². The van der Waals surface area contributed by atoms with Gasteiger partial charge in [-0.05, 0) is 362 Å². The Bertz CT molecular complexity index is 4750. The standard InChI is InChI=1S/2C20H32N4O.C20H29N3O.C19H30N4O.C18H25N3O2/c2*1-22(2)14-17-19(23(3)4)9-7-16-18(21-25-20(16)17)8-6-15-10-12-24(5)13-11-15;1-5-6-17-19(22(2)3)10-8-16-18(21-24-20(16)17)9-7-15-11-13-23(4)14-12-15;1-22(2)13-16-18(23(3)4)8-6-15-17(21-24-19(15)16)7-5-14-9-11-20-12-10-14;1-20(2)17-7-5-14-16(19-23-18(14)15(17)12-22)6-4-13-8-10-21(3)11-9-13/h2*7,9,15H,6,8,10-14H2,1-5H3;5-6,8,10,15H,7,9,11-14H2,1-4H3;6,8,14,20H,5,7,9-13H2,1-4H3;5,7,12-13H,4,6,8-11H2,1-3H3. The van der Waals surface area contributed by atoms with Gasteiger partial charge in [0.15, 0.2) is 34.2 Å². The van der Waals surface area contributed by atoms with Crippen LogP contribution in [-0.2, 0) is 51.7 Å². The SMILES string of the molecule is CC=Cc1c(N(C)C)ccc2c(CCC3CCN(C)CC3)noc12.CN(C)Cc1c(N(C)C)ccc2c(CCC3CCN(C)CC3)noc12.CN(C)Cc1c(N(C)C)ccc2c(CCC3CCN(C)CC3)noc12.CN(C)Cc1c(N(C)C)ccc2c(CCC3CCNCC3)noc12.CN1CCC(CCc2noc3c(C=O)c(N(C)C)ccc23)CC1. The molecule has 0 bridgehead atoms. The van der Waals surface area contributed by atoms with Crippen molar-refractivity contribution in [2.24, 2.45) is 29.6 Å². The number of aryl methyl sites for hydroxylation is 5. The Labute approximate surface area is 723 Å². The van der Waals surface area contributed by atoms with E-state index >= 15 is 0 Å². The number of hydrogen-bond acceptors (Lipinski definition) is 24. The fourth-order valence-electron chi connectivity index (χ4n) is 18.5. The molecule has 5 aliphatic heterocycles. The van der Waals surface area contributed by atoms with E-state index < -0.39 is 0 Å². The normalized spacial score (nSPS) is 16.8. The minimum atomic E-state index is 0.588. The number of hydrogen-bond donors (Lipinski definition) is 1. The highest BCUT2D eigenvalue weighted by Gasteiger charge is 2.28. The van der Waals surface area contributed by atoms with Crippen LogP contribution in [0.25, 0.3) is 60.9 Å². The molecule has 0 atom stereocenters. The van der Waals surface area contributed by atoms with Crippen molar-refractivity contribution in [3.8, 4) is 0 Å². The number of allylic oxidation sites excluding steroid dienone is 1. The second-order valence-corrected chi connectivity index (χ2v) is 37.4. The van der Waals surface area contributed by atoms with Gasteiger partial charge in [-0.3, -0.25) is 4.79 Å². The van der Waals surface area contributed by atoms with Crippen LogP contribution in [-0.4, -0.2) is 273 Å². The zero-order valence-electron chi connectivity index (χ0n) is 77.8. The molecule has 15 rings (SSSR count).